The van der Waals surface area contributed by atoms with Gasteiger partial charge in [-0.05, 0) is 31.0 Å². The zero-order valence-electron chi connectivity index (χ0n) is 13.3. The maximum atomic E-state index is 14.1. The monoisotopic (exact) mass is 335 g/mol. The van der Waals surface area contributed by atoms with Gasteiger partial charge in [0.25, 0.3) is 5.91 Å². The van der Waals surface area contributed by atoms with Gasteiger partial charge in [-0.1, -0.05) is 30.3 Å². The fraction of sp³-hybridized carbons (Fsp3) is 0.278. The quantitative estimate of drug-likeness (QED) is 0.817. The molecule has 2 aromatic carbocycles. The van der Waals surface area contributed by atoms with Gasteiger partial charge >= 0.3 is 0 Å². The summed E-state index contributed by atoms with van der Waals surface area (Å²) in [5, 5.41) is 12.4. The molecule has 128 valence electrons. The van der Waals surface area contributed by atoms with Crippen LogP contribution in [0.1, 0.15) is 35.4 Å². The van der Waals surface area contributed by atoms with Gasteiger partial charge in [0.1, 0.15) is 11.4 Å². The number of halogens is 2. The third kappa shape index (κ3) is 4.29. The van der Waals surface area contributed by atoms with Crippen LogP contribution in [0.25, 0.3) is 0 Å². The van der Waals surface area contributed by atoms with E-state index in [-0.39, 0.29) is 25.3 Å². The number of benzene rings is 2. The van der Waals surface area contributed by atoms with Gasteiger partial charge in [-0.15, -0.1) is 0 Å². The fourth-order valence-electron chi connectivity index (χ4n) is 2.26. The van der Waals surface area contributed by atoms with E-state index in [9.17, 15) is 18.7 Å². The lowest BCUT2D eigenvalue weighted by Crippen LogP contribution is -2.27. The number of aliphatic hydroxyl groups is 1. The molecule has 0 aromatic heterocycles. The summed E-state index contributed by atoms with van der Waals surface area (Å²) in [5.41, 5.74) is 0.0256. The van der Waals surface area contributed by atoms with Gasteiger partial charge in [-0.2, -0.15) is 0 Å². The van der Waals surface area contributed by atoms with Gasteiger partial charge in [0, 0.05) is 6.54 Å². The SMILES string of the molecule is CCOc1ccc(F)c(C(=O)NCCC(O)c2ccccc2)c1F. The van der Waals surface area contributed by atoms with E-state index in [2.05, 4.69) is 5.32 Å². The van der Waals surface area contributed by atoms with E-state index in [1.54, 1.807) is 31.2 Å². The van der Waals surface area contributed by atoms with Gasteiger partial charge in [-0.3, -0.25) is 4.79 Å². The Labute approximate surface area is 139 Å². The standard InChI is InChI=1S/C18H19F2NO3/c1-2-24-15-9-8-13(19)16(17(15)20)18(23)21-11-10-14(22)12-6-4-3-5-7-12/h3-9,14,22H,2,10-11H2,1H3,(H,21,23). The minimum atomic E-state index is -1.03. The molecule has 0 spiro atoms. The molecule has 24 heavy (non-hydrogen) atoms. The molecule has 0 heterocycles. The van der Waals surface area contributed by atoms with Gasteiger partial charge in [0.2, 0.25) is 0 Å². The molecule has 2 N–H and O–H groups in total. The molecule has 0 saturated carbocycles. The van der Waals surface area contributed by atoms with E-state index >= 15 is 0 Å². The Balaban J connectivity index is 1.99. The molecule has 2 aromatic rings. The Hall–Kier alpha value is -2.47. The molecule has 0 bridgehead atoms. The van der Waals surface area contributed by atoms with Crippen molar-refractivity contribution < 1.29 is 23.4 Å². The normalized spacial score (nSPS) is 11.8. The number of amides is 1. The highest BCUT2D eigenvalue weighted by Crippen LogP contribution is 2.23. The van der Waals surface area contributed by atoms with E-state index in [0.717, 1.165) is 12.1 Å². The summed E-state index contributed by atoms with van der Waals surface area (Å²) in [4.78, 5) is 12.0. The Bertz CT molecular complexity index is 692. The van der Waals surface area contributed by atoms with Crippen molar-refractivity contribution in [2.75, 3.05) is 13.2 Å². The van der Waals surface area contributed by atoms with Crippen LogP contribution in [-0.2, 0) is 0 Å². The number of nitrogens with one attached hydrogen (secondary N) is 1. The minimum absolute atomic E-state index is 0.0760. The molecule has 0 radical (unpaired) electrons. The fourth-order valence-corrected chi connectivity index (χ4v) is 2.26. The molecule has 1 unspecified atom stereocenters. The number of carbonyl (C=O) groups excluding carboxylic acids is 1. The molecule has 1 amide bonds. The molecule has 2 rings (SSSR count). The van der Waals surface area contributed by atoms with Crippen LogP contribution >= 0.6 is 0 Å². The average molecular weight is 335 g/mol. The van der Waals surface area contributed by atoms with Crippen molar-refractivity contribution in [2.24, 2.45) is 0 Å². The smallest absolute Gasteiger partial charge is 0.257 e. The zero-order valence-corrected chi connectivity index (χ0v) is 13.3. The Morgan fingerprint density at radius 1 is 1.21 bits per heavy atom. The first kappa shape index (κ1) is 17.9. The molecular formula is C18H19F2NO3. The highest BCUT2D eigenvalue weighted by Gasteiger charge is 2.21. The van der Waals surface area contributed by atoms with Crippen molar-refractivity contribution in [3.63, 3.8) is 0 Å². The Morgan fingerprint density at radius 2 is 1.92 bits per heavy atom. The molecule has 6 heteroatoms. The maximum absolute atomic E-state index is 14.1. The highest BCUT2D eigenvalue weighted by molar-refractivity contribution is 5.95. The van der Waals surface area contributed by atoms with E-state index < -0.39 is 29.2 Å². The van der Waals surface area contributed by atoms with E-state index in [4.69, 9.17) is 4.74 Å². The lowest BCUT2D eigenvalue weighted by Gasteiger charge is -2.13. The molecular weight excluding hydrogens is 316 g/mol. The van der Waals surface area contributed by atoms with Crippen LogP contribution in [0.3, 0.4) is 0 Å². The molecule has 0 aliphatic carbocycles. The molecule has 0 aliphatic heterocycles. The number of carbonyl (C=O) groups is 1. The number of rotatable bonds is 7. The second kappa shape index (κ2) is 8.40. The van der Waals surface area contributed by atoms with Crippen LogP contribution < -0.4 is 10.1 Å². The topological polar surface area (TPSA) is 58.6 Å². The summed E-state index contributed by atoms with van der Waals surface area (Å²) < 4.78 is 32.9. The van der Waals surface area contributed by atoms with Crippen molar-refractivity contribution in [3.05, 3.63) is 65.2 Å². The summed E-state index contributed by atoms with van der Waals surface area (Å²) in [6.07, 6.45) is -0.541. The summed E-state index contributed by atoms with van der Waals surface area (Å²) in [5.74, 6) is -3.05. The minimum Gasteiger partial charge on any atom is -0.491 e. The largest absolute Gasteiger partial charge is 0.491 e. The third-order valence-corrected chi connectivity index (χ3v) is 3.47. The summed E-state index contributed by atoms with van der Waals surface area (Å²) in [6, 6.07) is 11.1. The number of hydrogen-bond acceptors (Lipinski definition) is 3. The van der Waals surface area contributed by atoms with Crippen molar-refractivity contribution in [3.8, 4) is 5.75 Å². The number of hydrogen-bond donors (Lipinski definition) is 2. The predicted molar refractivity (Wildman–Crippen MR) is 85.9 cm³/mol. The van der Waals surface area contributed by atoms with Gasteiger partial charge in [0.05, 0.1) is 12.7 Å². The summed E-state index contributed by atoms with van der Waals surface area (Å²) >= 11 is 0. The molecule has 0 aliphatic rings. The van der Waals surface area contributed by atoms with Crippen LogP contribution in [-0.4, -0.2) is 24.2 Å². The van der Waals surface area contributed by atoms with Gasteiger partial charge < -0.3 is 15.2 Å². The second-order valence-electron chi connectivity index (χ2n) is 5.14. The lowest BCUT2D eigenvalue weighted by atomic mass is 10.1. The first-order chi connectivity index (χ1) is 11.5. The molecule has 0 saturated heterocycles. The zero-order chi connectivity index (χ0) is 17.5. The molecule has 1 atom stereocenters. The van der Waals surface area contributed by atoms with E-state index in [1.165, 1.54) is 0 Å². The van der Waals surface area contributed by atoms with Crippen molar-refractivity contribution >= 4 is 5.91 Å². The summed E-state index contributed by atoms with van der Waals surface area (Å²) in [6.45, 7) is 1.94. The van der Waals surface area contributed by atoms with Crippen molar-refractivity contribution in [2.45, 2.75) is 19.4 Å². The van der Waals surface area contributed by atoms with Crippen LogP contribution in [0.4, 0.5) is 8.78 Å². The second-order valence-corrected chi connectivity index (χ2v) is 5.14. The van der Waals surface area contributed by atoms with E-state index in [1.807, 2.05) is 6.07 Å². The average Bonchev–Trinajstić information content (AvgIpc) is 2.58. The number of aliphatic hydroxyl groups excluding tert-OH is 1. The van der Waals surface area contributed by atoms with Crippen molar-refractivity contribution in [1.82, 2.24) is 5.32 Å². The predicted octanol–water partition coefficient (Wildman–Crippen LogP) is 3.22. The van der Waals surface area contributed by atoms with Gasteiger partial charge in [-0.25, -0.2) is 8.78 Å². The summed E-state index contributed by atoms with van der Waals surface area (Å²) in [7, 11) is 0. The number of ether oxygens (including phenoxy) is 1. The third-order valence-electron chi connectivity index (χ3n) is 3.47. The molecule has 4 nitrogen and oxygen atoms in total. The Morgan fingerprint density at radius 3 is 2.58 bits per heavy atom. The van der Waals surface area contributed by atoms with Crippen LogP contribution in [0.15, 0.2) is 42.5 Å². The lowest BCUT2D eigenvalue weighted by molar-refractivity contribution is 0.0933. The maximum Gasteiger partial charge on any atom is 0.257 e. The van der Waals surface area contributed by atoms with Crippen molar-refractivity contribution in [1.29, 1.82) is 0 Å². The van der Waals surface area contributed by atoms with Crippen LogP contribution in [0.5, 0.6) is 5.75 Å². The Kier molecular flexibility index (Phi) is 6.26. The van der Waals surface area contributed by atoms with Crippen LogP contribution in [0, 0.1) is 11.6 Å². The molecule has 0 fully saturated rings. The first-order valence-corrected chi connectivity index (χ1v) is 7.66. The first-order valence-electron chi connectivity index (χ1n) is 7.66. The van der Waals surface area contributed by atoms with E-state index in [0.29, 0.717) is 5.56 Å². The van der Waals surface area contributed by atoms with Crippen LogP contribution in [0.2, 0.25) is 0 Å². The van der Waals surface area contributed by atoms with Gasteiger partial charge in [0.15, 0.2) is 11.6 Å². The highest BCUT2D eigenvalue weighted by atomic mass is 19.1.